The van der Waals surface area contributed by atoms with E-state index in [-0.39, 0.29) is 0 Å². The summed E-state index contributed by atoms with van der Waals surface area (Å²) in [6.45, 7) is 0. The van der Waals surface area contributed by atoms with E-state index >= 15 is 0 Å². The molecule has 3 aromatic heterocycles. The lowest BCUT2D eigenvalue weighted by Crippen LogP contribution is -2.01. The molecule has 0 saturated carbocycles. The number of para-hydroxylation sites is 2. The minimum atomic E-state index is 0.606. The molecule has 0 atom stereocenters. The van der Waals surface area contributed by atoms with Crippen molar-refractivity contribution in [3.63, 3.8) is 0 Å². The van der Waals surface area contributed by atoms with E-state index in [1.54, 1.807) is 0 Å². The Morgan fingerprint density at radius 3 is 1.26 bits per heavy atom. The van der Waals surface area contributed by atoms with Crippen LogP contribution in [0.4, 0.5) is 0 Å². The second-order valence-corrected chi connectivity index (χ2v) is 14.7. The van der Waals surface area contributed by atoms with E-state index in [0.29, 0.717) is 17.5 Å². The van der Waals surface area contributed by atoms with Crippen LogP contribution in [0.2, 0.25) is 0 Å². The van der Waals surface area contributed by atoms with Gasteiger partial charge in [0.1, 0.15) is 22.3 Å². The molecule has 0 amide bonds. The lowest BCUT2D eigenvalue weighted by molar-refractivity contribution is 0.668. The van der Waals surface area contributed by atoms with Crippen molar-refractivity contribution in [1.29, 1.82) is 0 Å². The number of hydrogen-bond donors (Lipinski definition) is 0. The second kappa shape index (κ2) is 12.8. The van der Waals surface area contributed by atoms with E-state index < -0.39 is 0 Å². The molecule has 0 aliphatic carbocycles. The van der Waals surface area contributed by atoms with Gasteiger partial charge in [0.2, 0.25) is 0 Å². The van der Waals surface area contributed by atoms with Crippen molar-refractivity contribution < 1.29 is 8.83 Å². The predicted molar refractivity (Wildman–Crippen MR) is 237 cm³/mol. The molecule has 0 aliphatic heterocycles. The van der Waals surface area contributed by atoms with E-state index in [1.807, 2.05) is 36.4 Å². The van der Waals surface area contributed by atoms with Gasteiger partial charge in [0.15, 0.2) is 17.5 Å². The lowest BCUT2D eigenvalue weighted by Gasteiger charge is -2.13. The standard InChI is InChI=1S/C53H31N3O2/c1-2-12-38-32(10-1)22-27-35-11-7-17-43(48(35)38)53-55-51(36-28-23-33(24-29-36)39-15-8-20-46-49(39)41-13-3-5-18-44(41)57-46)54-52(56-53)37-30-25-34(26-31-37)40-16-9-21-47-50(40)42-14-4-6-19-45(42)58-47/h1-31H. The number of aromatic nitrogens is 3. The normalized spacial score (nSPS) is 11.8. The Morgan fingerprint density at radius 2 is 0.672 bits per heavy atom. The van der Waals surface area contributed by atoms with Gasteiger partial charge in [0, 0.05) is 43.6 Å². The predicted octanol–water partition coefficient (Wildman–Crippen LogP) is 14.3. The average Bonchev–Trinajstić information content (AvgIpc) is 3.88. The molecule has 0 fully saturated rings. The molecule has 9 aromatic carbocycles. The number of fused-ring (bicyclic) bond motifs is 9. The van der Waals surface area contributed by atoms with Crippen LogP contribution in [-0.4, -0.2) is 15.0 Å². The average molecular weight is 742 g/mol. The molecule has 0 bridgehead atoms. The van der Waals surface area contributed by atoms with Gasteiger partial charge < -0.3 is 8.83 Å². The molecule has 0 spiro atoms. The third-order valence-electron chi connectivity index (χ3n) is 11.4. The Bertz CT molecular complexity index is 3390. The summed E-state index contributed by atoms with van der Waals surface area (Å²) < 4.78 is 12.4. The Balaban J connectivity index is 1.01. The van der Waals surface area contributed by atoms with Gasteiger partial charge in [-0.05, 0) is 62.7 Å². The van der Waals surface area contributed by atoms with E-state index in [4.69, 9.17) is 23.8 Å². The fourth-order valence-electron chi connectivity index (χ4n) is 8.63. The van der Waals surface area contributed by atoms with Crippen LogP contribution in [0.5, 0.6) is 0 Å². The third kappa shape index (κ3) is 5.14. The first-order chi connectivity index (χ1) is 28.7. The molecule has 0 unspecified atom stereocenters. The van der Waals surface area contributed by atoms with Crippen LogP contribution in [0.1, 0.15) is 0 Å². The largest absolute Gasteiger partial charge is 0.456 e. The number of benzene rings is 9. The van der Waals surface area contributed by atoms with Crippen molar-refractivity contribution >= 4 is 65.4 Å². The quantitative estimate of drug-likeness (QED) is 0.164. The highest BCUT2D eigenvalue weighted by Crippen LogP contribution is 2.40. The van der Waals surface area contributed by atoms with Crippen molar-refractivity contribution in [1.82, 2.24) is 15.0 Å². The van der Waals surface area contributed by atoms with Gasteiger partial charge in [-0.15, -0.1) is 0 Å². The van der Waals surface area contributed by atoms with Crippen LogP contribution in [0, 0.1) is 0 Å². The zero-order valence-corrected chi connectivity index (χ0v) is 31.1. The van der Waals surface area contributed by atoms with E-state index in [9.17, 15) is 0 Å². The molecule has 0 N–H and O–H groups in total. The van der Waals surface area contributed by atoms with Gasteiger partial charge in [-0.1, -0.05) is 164 Å². The van der Waals surface area contributed by atoms with Gasteiger partial charge in [-0.2, -0.15) is 0 Å². The van der Waals surface area contributed by atoms with Crippen molar-refractivity contribution in [2.24, 2.45) is 0 Å². The zero-order valence-electron chi connectivity index (χ0n) is 31.1. The van der Waals surface area contributed by atoms with Crippen molar-refractivity contribution in [3.8, 4) is 56.4 Å². The van der Waals surface area contributed by atoms with Crippen molar-refractivity contribution in [3.05, 3.63) is 188 Å². The van der Waals surface area contributed by atoms with Crippen LogP contribution >= 0.6 is 0 Å². The maximum atomic E-state index is 6.21. The van der Waals surface area contributed by atoms with Crippen LogP contribution < -0.4 is 0 Å². The lowest BCUT2D eigenvalue weighted by atomic mass is 9.97. The molecule has 0 radical (unpaired) electrons. The Kier molecular flexibility index (Phi) is 7.16. The number of rotatable bonds is 5. The molecule has 12 rings (SSSR count). The maximum Gasteiger partial charge on any atom is 0.164 e. The first-order valence-electron chi connectivity index (χ1n) is 19.4. The van der Waals surface area contributed by atoms with Gasteiger partial charge >= 0.3 is 0 Å². The van der Waals surface area contributed by atoms with Gasteiger partial charge in [0.05, 0.1) is 0 Å². The van der Waals surface area contributed by atoms with Gasteiger partial charge in [0.25, 0.3) is 0 Å². The molecular weight excluding hydrogens is 711 g/mol. The Hall–Kier alpha value is -7.89. The summed E-state index contributed by atoms with van der Waals surface area (Å²) in [6.07, 6.45) is 0. The molecule has 3 heterocycles. The van der Waals surface area contributed by atoms with E-state index in [2.05, 4.69) is 152 Å². The van der Waals surface area contributed by atoms with Crippen LogP contribution in [0.25, 0.3) is 122 Å². The number of furan rings is 2. The second-order valence-electron chi connectivity index (χ2n) is 14.7. The minimum Gasteiger partial charge on any atom is -0.456 e. The molecule has 0 saturated heterocycles. The summed E-state index contributed by atoms with van der Waals surface area (Å²) in [6, 6.07) is 65.1. The fourth-order valence-corrected chi connectivity index (χ4v) is 8.63. The van der Waals surface area contributed by atoms with Crippen LogP contribution in [0.3, 0.4) is 0 Å². The topological polar surface area (TPSA) is 65.0 Å². The van der Waals surface area contributed by atoms with E-state index in [1.165, 1.54) is 5.39 Å². The Morgan fingerprint density at radius 1 is 0.259 bits per heavy atom. The number of nitrogens with zero attached hydrogens (tertiary/aromatic N) is 3. The first kappa shape index (κ1) is 32.4. The highest BCUT2D eigenvalue weighted by molar-refractivity contribution is 6.15. The maximum absolute atomic E-state index is 6.21. The molecule has 58 heavy (non-hydrogen) atoms. The van der Waals surface area contributed by atoms with Crippen LogP contribution in [-0.2, 0) is 0 Å². The van der Waals surface area contributed by atoms with Gasteiger partial charge in [-0.25, -0.2) is 15.0 Å². The van der Waals surface area contributed by atoms with Crippen LogP contribution in [0.15, 0.2) is 197 Å². The summed E-state index contributed by atoms with van der Waals surface area (Å²) in [7, 11) is 0. The molecule has 270 valence electrons. The summed E-state index contributed by atoms with van der Waals surface area (Å²) in [5.41, 5.74) is 10.7. The molecule has 5 heteroatoms. The summed E-state index contributed by atoms with van der Waals surface area (Å²) in [4.78, 5) is 15.6. The molecule has 0 aliphatic rings. The third-order valence-corrected chi connectivity index (χ3v) is 11.4. The first-order valence-corrected chi connectivity index (χ1v) is 19.4. The smallest absolute Gasteiger partial charge is 0.164 e. The van der Waals surface area contributed by atoms with Crippen molar-refractivity contribution in [2.45, 2.75) is 0 Å². The highest BCUT2D eigenvalue weighted by atomic mass is 16.3. The highest BCUT2D eigenvalue weighted by Gasteiger charge is 2.18. The summed E-state index contributed by atoms with van der Waals surface area (Å²) in [5.74, 6) is 1.84. The van der Waals surface area contributed by atoms with E-state index in [0.717, 1.165) is 99.0 Å². The monoisotopic (exact) mass is 741 g/mol. The summed E-state index contributed by atoms with van der Waals surface area (Å²) in [5, 5.41) is 9.02. The molecule has 5 nitrogen and oxygen atoms in total. The summed E-state index contributed by atoms with van der Waals surface area (Å²) >= 11 is 0. The fraction of sp³-hybridized carbons (Fsp3) is 0. The minimum absolute atomic E-state index is 0.606. The SMILES string of the molecule is c1ccc2c(c1)ccc1cccc(-c3nc(-c4ccc(-c5cccc6oc7ccccc7c56)cc4)nc(-c4ccc(-c5cccc6oc7ccccc7c56)cc4)n3)c12. The molecule has 12 aromatic rings. The molecular formula is C53H31N3O2. The Labute approximate surface area is 332 Å². The van der Waals surface area contributed by atoms with Crippen molar-refractivity contribution in [2.75, 3.05) is 0 Å². The zero-order chi connectivity index (χ0) is 38.2. The number of hydrogen-bond acceptors (Lipinski definition) is 5. The van der Waals surface area contributed by atoms with Gasteiger partial charge in [-0.3, -0.25) is 0 Å².